The highest BCUT2D eigenvalue weighted by Gasteiger charge is 2.23. The van der Waals surface area contributed by atoms with Gasteiger partial charge in [0.2, 0.25) is 15.9 Å². The van der Waals surface area contributed by atoms with Gasteiger partial charge in [0.05, 0.1) is 17.7 Å². The van der Waals surface area contributed by atoms with Crippen LogP contribution in [0.4, 0.5) is 5.69 Å². The first kappa shape index (κ1) is 20.0. The number of carbonyl (C=O) groups is 1. The van der Waals surface area contributed by atoms with Crippen LogP contribution in [0.3, 0.4) is 0 Å². The summed E-state index contributed by atoms with van der Waals surface area (Å²) in [6, 6.07) is 9.69. The van der Waals surface area contributed by atoms with E-state index in [1.54, 1.807) is 18.2 Å². The molecular weight excluding hydrogens is 384 g/mol. The maximum Gasteiger partial charge on any atom is 0.243 e. The Bertz CT molecular complexity index is 990. The van der Waals surface area contributed by atoms with Crippen LogP contribution in [-0.2, 0) is 21.4 Å². The van der Waals surface area contributed by atoms with Gasteiger partial charge in [-0.1, -0.05) is 6.07 Å². The van der Waals surface area contributed by atoms with Gasteiger partial charge in [0.15, 0.2) is 11.5 Å². The number of methoxy groups -OCH3 is 1. The van der Waals surface area contributed by atoms with Gasteiger partial charge in [0.25, 0.3) is 0 Å². The second-order valence-corrected chi connectivity index (χ2v) is 8.33. The van der Waals surface area contributed by atoms with E-state index in [0.717, 1.165) is 5.56 Å². The number of nitrogens with zero attached hydrogens (tertiary/aromatic N) is 1. The largest absolute Gasteiger partial charge is 0.495 e. The number of nitrogens with one attached hydrogen (secondary N) is 1. The zero-order valence-corrected chi connectivity index (χ0v) is 16.7. The molecule has 3 rings (SSSR count). The Morgan fingerprint density at radius 3 is 2.54 bits per heavy atom. The van der Waals surface area contributed by atoms with Crippen LogP contribution < -0.4 is 19.5 Å². The molecule has 1 heterocycles. The van der Waals surface area contributed by atoms with Crippen LogP contribution in [0.5, 0.6) is 17.2 Å². The number of benzene rings is 2. The van der Waals surface area contributed by atoms with Crippen LogP contribution in [0.1, 0.15) is 12.5 Å². The fraction of sp³-hybridized carbons (Fsp3) is 0.316. The lowest BCUT2D eigenvalue weighted by atomic mass is 10.2. The third-order valence-electron chi connectivity index (χ3n) is 4.20. The molecule has 0 aliphatic carbocycles. The highest BCUT2D eigenvalue weighted by molar-refractivity contribution is 7.89. The highest BCUT2D eigenvalue weighted by Crippen LogP contribution is 2.32. The van der Waals surface area contributed by atoms with Crippen LogP contribution in [0.2, 0.25) is 0 Å². The van der Waals surface area contributed by atoms with Gasteiger partial charge in [0, 0.05) is 26.6 Å². The molecule has 150 valence electrons. The van der Waals surface area contributed by atoms with Crippen molar-refractivity contribution in [3.05, 3.63) is 42.0 Å². The molecule has 1 aliphatic rings. The van der Waals surface area contributed by atoms with Crippen LogP contribution >= 0.6 is 0 Å². The third kappa shape index (κ3) is 4.20. The van der Waals surface area contributed by atoms with Gasteiger partial charge in [0.1, 0.15) is 19.0 Å². The van der Waals surface area contributed by atoms with Crippen molar-refractivity contribution in [1.29, 1.82) is 0 Å². The lowest BCUT2D eigenvalue weighted by molar-refractivity contribution is -0.114. The maximum absolute atomic E-state index is 13.0. The second-order valence-electron chi connectivity index (χ2n) is 6.28. The summed E-state index contributed by atoms with van der Waals surface area (Å²) in [6.07, 6.45) is 0. The molecule has 0 spiro atoms. The van der Waals surface area contributed by atoms with Gasteiger partial charge >= 0.3 is 0 Å². The Morgan fingerprint density at radius 1 is 1.14 bits per heavy atom. The van der Waals surface area contributed by atoms with Crippen LogP contribution in [0, 0.1) is 0 Å². The number of sulfonamides is 1. The first-order chi connectivity index (χ1) is 13.3. The Labute approximate surface area is 164 Å². The molecule has 2 aromatic carbocycles. The van der Waals surface area contributed by atoms with E-state index in [9.17, 15) is 13.2 Å². The summed E-state index contributed by atoms with van der Waals surface area (Å²) in [7, 11) is -0.855. The van der Waals surface area contributed by atoms with Crippen molar-refractivity contribution in [1.82, 2.24) is 4.31 Å². The van der Waals surface area contributed by atoms with Gasteiger partial charge in [-0.3, -0.25) is 4.79 Å². The van der Waals surface area contributed by atoms with E-state index in [4.69, 9.17) is 14.2 Å². The van der Waals surface area contributed by atoms with E-state index in [0.29, 0.717) is 30.4 Å². The molecule has 1 amide bonds. The van der Waals surface area contributed by atoms with Crippen molar-refractivity contribution in [2.24, 2.45) is 0 Å². The molecule has 0 saturated heterocycles. The van der Waals surface area contributed by atoms with Crippen molar-refractivity contribution in [3.8, 4) is 17.2 Å². The van der Waals surface area contributed by atoms with E-state index in [-0.39, 0.29) is 23.1 Å². The molecule has 2 aromatic rings. The number of hydrogen-bond donors (Lipinski definition) is 1. The van der Waals surface area contributed by atoms with E-state index < -0.39 is 10.0 Å². The van der Waals surface area contributed by atoms with E-state index in [1.807, 2.05) is 0 Å². The van der Waals surface area contributed by atoms with Crippen molar-refractivity contribution in [2.45, 2.75) is 18.4 Å². The standard InChI is InChI=1S/C19H22N2O6S/c1-13(22)20-16-6-5-15(11-18(16)25-3)28(23,24)21(2)12-14-4-7-17-19(10-14)27-9-8-26-17/h4-7,10-11H,8-9,12H2,1-3H3,(H,20,22). The quantitative estimate of drug-likeness (QED) is 0.791. The predicted octanol–water partition coefficient (Wildman–Crippen LogP) is 2.25. The van der Waals surface area contributed by atoms with Crippen LogP contribution in [0.25, 0.3) is 0 Å². The SMILES string of the molecule is COc1cc(S(=O)(=O)N(C)Cc2ccc3c(c2)OCCO3)ccc1NC(C)=O. The van der Waals surface area contributed by atoms with Crippen molar-refractivity contribution in [2.75, 3.05) is 32.7 Å². The molecule has 0 radical (unpaired) electrons. The fourth-order valence-electron chi connectivity index (χ4n) is 2.83. The first-order valence-electron chi connectivity index (χ1n) is 8.62. The number of ether oxygens (including phenoxy) is 3. The van der Waals surface area contributed by atoms with E-state index in [2.05, 4.69) is 5.32 Å². The van der Waals surface area contributed by atoms with E-state index in [1.165, 1.54) is 43.6 Å². The molecule has 8 nitrogen and oxygen atoms in total. The Morgan fingerprint density at radius 2 is 1.86 bits per heavy atom. The number of rotatable bonds is 6. The van der Waals surface area contributed by atoms with Crippen LogP contribution in [0.15, 0.2) is 41.3 Å². The fourth-order valence-corrected chi connectivity index (χ4v) is 4.01. The molecule has 0 atom stereocenters. The Hall–Kier alpha value is -2.78. The smallest absolute Gasteiger partial charge is 0.243 e. The summed E-state index contributed by atoms with van der Waals surface area (Å²) < 4.78 is 43.4. The number of carbonyl (C=O) groups excluding carboxylic acids is 1. The minimum atomic E-state index is -3.77. The topological polar surface area (TPSA) is 94.2 Å². The van der Waals surface area contributed by atoms with Crippen molar-refractivity contribution in [3.63, 3.8) is 0 Å². The Balaban J connectivity index is 1.82. The maximum atomic E-state index is 13.0. The summed E-state index contributed by atoms with van der Waals surface area (Å²) >= 11 is 0. The molecular formula is C19H22N2O6S. The van der Waals surface area contributed by atoms with Gasteiger partial charge in [-0.05, 0) is 29.8 Å². The molecule has 1 N–H and O–H groups in total. The average molecular weight is 406 g/mol. The summed E-state index contributed by atoms with van der Waals surface area (Å²) in [6.45, 7) is 2.49. The number of fused-ring (bicyclic) bond motifs is 1. The van der Waals surface area contributed by atoms with Gasteiger partial charge < -0.3 is 19.5 Å². The summed E-state index contributed by atoms with van der Waals surface area (Å²) in [5, 5.41) is 2.60. The normalized spacial score (nSPS) is 13.3. The first-order valence-corrected chi connectivity index (χ1v) is 10.1. The van der Waals surface area contributed by atoms with Crippen LogP contribution in [-0.4, -0.2) is 46.0 Å². The number of anilines is 1. The van der Waals surface area contributed by atoms with Gasteiger partial charge in [-0.25, -0.2) is 8.42 Å². The minimum absolute atomic E-state index is 0.0681. The molecule has 1 aliphatic heterocycles. The highest BCUT2D eigenvalue weighted by atomic mass is 32.2. The molecule has 0 aromatic heterocycles. The molecule has 0 fully saturated rings. The average Bonchev–Trinajstić information content (AvgIpc) is 2.67. The molecule has 0 saturated carbocycles. The van der Waals surface area contributed by atoms with E-state index >= 15 is 0 Å². The van der Waals surface area contributed by atoms with Crippen molar-refractivity contribution >= 4 is 21.6 Å². The zero-order valence-electron chi connectivity index (χ0n) is 15.9. The number of hydrogen-bond acceptors (Lipinski definition) is 6. The lowest BCUT2D eigenvalue weighted by Crippen LogP contribution is -2.26. The number of amides is 1. The monoisotopic (exact) mass is 406 g/mol. The summed E-state index contributed by atoms with van der Waals surface area (Å²) in [5.41, 5.74) is 1.18. The molecule has 0 unspecified atom stereocenters. The molecule has 0 bridgehead atoms. The third-order valence-corrected chi connectivity index (χ3v) is 6.00. The molecule has 9 heteroatoms. The molecule has 28 heavy (non-hydrogen) atoms. The predicted molar refractivity (Wildman–Crippen MR) is 103 cm³/mol. The van der Waals surface area contributed by atoms with Gasteiger partial charge in [-0.2, -0.15) is 4.31 Å². The van der Waals surface area contributed by atoms with Crippen molar-refractivity contribution < 1.29 is 27.4 Å². The Kier molecular flexibility index (Phi) is 5.76. The lowest BCUT2D eigenvalue weighted by Gasteiger charge is -2.21. The second kappa shape index (κ2) is 8.07. The summed E-state index contributed by atoms with van der Waals surface area (Å²) in [4.78, 5) is 11.3. The minimum Gasteiger partial charge on any atom is -0.495 e. The zero-order chi connectivity index (χ0) is 20.3. The van der Waals surface area contributed by atoms with Gasteiger partial charge in [-0.15, -0.1) is 0 Å². The summed E-state index contributed by atoms with van der Waals surface area (Å²) in [5.74, 6) is 1.25.